The maximum absolute atomic E-state index is 13.5. The number of H-pyrrole nitrogens is 1. The van der Waals surface area contributed by atoms with Gasteiger partial charge in [-0.2, -0.15) is 0 Å². The number of rotatable bonds is 2. The molecule has 4 nitrogen and oxygen atoms in total. The molecule has 0 fully saturated rings. The third kappa shape index (κ3) is 2.98. The number of carbonyl (C=O) groups excluding carboxylic acids is 1. The van der Waals surface area contributed by atoms with Gasteiger partial charge >= 0.3 is 0 Å². The Bertz CT molecular complexity index is 967. The molecule has 1 amide bonds. The van der Waals surface area contributed by atoms with Crippen molar-refractivity contribution in [1.29, 1.82) is 0 Å². The number of benzene rings is 1. The van der Waals surface area contributed by atoms with Crippen molar-refractivity contribution >= 4 is 21.8 Å². The van der Waals surface area contributed by atoms with Crippen LogP contribution in [0.1, 0.15) is 22.5 Å². The lowest BCUT2D eigenvalue weighted by molar-refractivity contribution is 0.0955. The molecule has 0 atom stereocenters. The van der Waals surface area contributed by atoms with Gasteiger partial charge in [0.05, 0.1) is 21.4 Å². The molecule has 0 saturated carbocycles. The van der Waals surface area contributed by atoms with Crippen LogP contribution in [0, 0.1) is 5.82 Å². The minimum absolute atomic E-state index is 0.0683. The molecular weight excluding hydrogens is 385 g/mol. The summed E-state index contributed by atoms with van der Waals surface area (Å²) in [5, 5.41) is 2.91. The van der Waals surface area contributed by atoms with Gasteiger partial charge < -0.3 is 10.3 Å². The fourth-order valence-electron chi connectivity index (χ4n) is 3.10. The minimum atomic E-state index is -0.297. The fraction of sp³-hybridized carbons (Fsp3) is 0.158. The monoisotopic (exact) mass is 399 g/mol. The highest BCUT2D eigenvalue weighted by molar-refractivity contribution is 9.10. The SMILES string of the molecule is O=C1NCCCc2[nH]c(-c3ccnc(-c4cccc(F)c4)c3)c(Br)c21. The van der Waals surface area contributed by atoms with Crippen LogP contribution in [-0.4, -0.2) is 22.4 Å². The van der Waals surface area contributed by atoms with Crippen molar-refractivity contribution in [2.24, 2.45) is 0 Å². The molecule has 126 valence electrons. The summed E-state index contributed by atoms with van der Waals surface area (Å²) in [6.45, 7) is 0.683. The average molecular weight is 400 g/mol. The Morgan fingerprint density at radius 3 is 2.88 bits per heavy atom. The van der Waals surface area contributed by atoms with E-state index >= 15 is 0 Å². The molecule has 0 saturated heterocycles. The number of aromatic amines is 1. The Balaban J connectivity index is 1.80. The summed E-state index contributed by atoms with van der Waals surface area (Å²) < 4.78 is 14.2. The Morgan fingerprint density at radius 2 is 2.04 bits per heavy atom. The van der Waals surface area contributed by atoms with Gasteiger partial charge in [0.25, 0.3) is 5.91 Å². The second kappa shape index (κ2) is 6.44. The number of fused-ring (bicyclic) bond motifs is 1. The van der Waals surface area contributed by atoms with Crippen molar-refractivity contribution in [3.05, 3.63) is 64.1 Å². The van der Waals surface area contributed by atoms with Crippen molar-refractivity contribution < 1.29 is 9.18 Å². The second-order valence-electron chi connectivity index (χ2n) is 5.97. The maximum atomic E-state index is 13.5. The number of nitrogens with zero attached hydrogens (tertiary/aromatic N) is 1. The summed E-state index contributed by atoms with van der Waals surface area (Å²) in [7, 11) is 0. The molecule has 1 aromatic carbocycles. The van der Waals surface area contributed by atoms with Crippen LogP contribution in [-0.2, 0) is 6.42 Å². The van der Waals surface area contributed by atoms with E-state index in [1.54, 1.807) is 12.3 Å². The topological polar surface area (TPSA) is 57.8 Å². The van der Waals surface area contributed by atoms with Crippen molar-refractivity contribution in [3.63, 3.8) is 0 Å². The lowest BCUT2D eigenvalue weighted by atomic mass is 10.1. The normalized spacial score (nSPS) is 13.9. The van der Waals surface area contributed by atoms with Gasteiger partial charge in [0.2, 0.25) is 0 Å². The van der Waals surface area contributed by atoms with Gasteiger partial charge in [-0.05, 0) is 53.0 Å². The molecular formula is C19H15BrFN3O. The van der Waals surface area contributed by atoms with Crippen molar-refractivity contribution in [2.75, 3.05) is 6.54 Å². The van der Waals surface area contributed by atoms with Crippen LogP contribution < -0.4 is 5.32 Å². The fourth-order valence-corrected chi connectivity index (χ4v) is 3.84. The highest BCUT2D eigenvalue weighted by Gasteiger charge is 2.24. The van der Waals surface area contributed by atoms with Crippen LogP contribution in [0.2, 0.25) is 0 Å². The number of hydrogen-bond donors (Lipinski definition) is 2. The van der Waals surface area contributed by atoms with Gasteiger partial charge in [-0.3, -0.25) is 9.78 Å². The predicted octanol–water partition coefficient (Wildman–Crippen LogP) is 4.32. The third-order valence-corrected chi connectivity index (χ3v) is 5.09. The van der Waals surface area contributed by atoms with E-state index in [9.17, 15) is 9.18 Å². The number of nitrogens with one attached hydrogen (secondary N) is 2. The third-order valence-electron chi connectivity index (χ3n) is 4.30. The largest absolute Gasteiger partial charge is 0.357 e. The zero-order valence-electron chi connectivity index (χ0n) is 13.3. The number of carbonyl (C=O) groups is 1. The highest BCUT2D eigenvalue weighted by Crippen LogP contribution is 2.35. The minimum Gasteiger partial charge on any atom is -0.357 e. The van der Waals surface area contributed by atoms with E-state index < -0.39 is 0 Å². The number of halogens is 2. The maximum Gasteiger partial charge on any atom is 0.254 e. The first-order chi connectivity index (χ1) is 12.1. The number of hydrogen-bond acceptors (Lipinski definition) is 2. The molecule has 1 aliphatic heterocycles. The number of amides is 1. The second-order valence-corrected chi connectivity index (χ2v) is 6.76. The first kappa shape index (κ1) is 16.0. The summed E-state index contributed by atoms with van der Waals surface area (Å²) in [6, 6.07) is 10.1. The summed E-state index contributed by atoms with van der Waals surface area (Å²) >= 11 is 3.57. The average Bonchev–Trinajstić information content (AvgIpc) is 2.83. The van der Waals surface area contributed by atoms with E-state index in [-0.39, 0.29) is 11.7 Å². The highest BCUT2D eigenvalue weighted by atomic mass is 79.9. The molecule has 0 unspecified atom stereocenters. The van der Waals surface area contributed by atoms with Gasteiger partial charge in [-0.1, -0.05) is 12.1 Å². The predicted molar refractivity (Wildman–Crippen MR) is 97.8 cm³/mol. The van der Waals surface area contributed by atoms with Crippen molar-refractivity contribution in [3.8, 4) is 22.5 Å². The quantitative estimate of drug-likeness (QED) is 0.673. The van der Waals surface area contributed by atoms with E-state index in [1.807, 2.05) is 18.2 Å². The lowest BCUT2D eigenvalue weighted by Crippen LogP contribution is -2.22. The molecule has 2 N–H and O–H groups in total. The molecule has 3 aromatic rings. The summed E-state index contributed by atoms with van der Waals surface area (Å²) in [5.41, 5.74) is 4.71. The number of pyridine rings is 1. The first-order valence-electron chi connectivity index (χ1n) is 8.04. The van der Waals surface area contributed by atoms with E-state index in [0.29, 0.717) is 23.4 Å². The molecule has 25 heavy (non-hydrogen) atoms. The number of aryl methyl sites for hydroxylation is 1. The van der Waals surface area contributed by atoms with Crippen molar-refractivity contribution in [1.82, 2.24) is 15.3 Å². The molecule has 0 radical (unpaired) electrons. The molecule has 4 rings (SSSR count). The van der Waals surface area contributed by atoms with E-state index in [0.717, 1.165) is 34.3 Å². The summed E-state index contributed by atoms with van der Waals surface area (Å²) in [5.74, 6) is -0.365. The van der Waals surface area contributed by atoms with Crippen LogP contribution in [0.5, 0.6) is 0 Å². The van der Waals surface area contributed by atoms with E-state index in [1.165, 1.54) is 12.1 Å². The molecule has 0 bridgehead atoms. The van der Waals surface area contributed by atoms with Crippen LogP contribution >= 0.6 is 15.9 Å². The van der Waals surface area contributed by atoms with Crippen LogP contribution in [0.15, 0.2) is 47.1 Å². The zero-order chi connectivity index (χ0) is 17.4. The van der Waals surface area contributed by atoms with Gasteiger partial charge in [0, 0.05) is 29.6 Å². The molecule has 1 aliphatic rings. The Morgan fingerprint density at radius 1 is 1.16 bits per heavy atom. The Kier molecular flexibility index (Phi) is 4.13. The standard InChI is InChI=1S/C19H15BrFN3O/c20-17-16-14(5-2-7-23-19(16)25)24-18(17)12-6-8-22-15(10-12)11-3-1-4-13(21)9-11/h1,3-4,6,8-10,24H,2,5,7H2,(H,23,25). The molecule has 0 spiro atoms. The van der Waals surface area contributed by atoms with Gasteiger partial charge in [-0.25, -0.2) is 4.39 Å². The summed E-state index contributed by atoms with van der Waals surface area (Å²) in [4.78, 5) is 20.0. The first-order valence-corrected chi connectivity index (χ1v) is 8.83. The van der Waals surface area contributed by atoms with Gasteiger partial charge in [0.15, 0.2) is 0 Å². The van der Waals surface area contributed by atoms with Crippen LogP contribution in [0.25, 0.3) is 22.5 Å². The summed E-state index contributed by atoms with van der Waals surface area (Å²) in [6.07, 6.45) is 3.40. The zero-order valence-corrected chi connectivity index (χ0v) is 14.9. The van der Waals surface area contributed by atoms with Crippen LogP contribution in [0.4, 0.5) is 4.39 Å². The molecule has 2 aromatic heterocycles. The Labute approximate surface area is 152 Å². The van der Waals surface area contributed by atoms with E-state index in [2.05, 4.69) is 31.2 Å². The molecule has 6 heteroatoms. The molecule has 0 aliphatic carbocycles. The van der Waals surface area contributed by atoms with Gasteiger partial charge in [0.1, 0.15) is 5.82 Å². The lowest BCUT2D eigenvalue weighted by Gasteiger charge is -2.05. The van der Waals surface area contributed by atoms with E-state index in [4.69, 9.17) is 0 Å². The smallest absolute Gasteiger partial charge is 0.254 e. The molecule has 3 heterocycles. The van der Waals surface area contributed by atoms with Crippen molar-refractivity contribution in [2.45, 2.75) is 12.8 Å². The number of aromatic nitrogens is 2. The van der Waals surface area contributed by atoms with Crippen LogP contribution in [0.3, 0.4) is 0 Å². The van der Waals surface area contributed by atoms with Gasteiger partial charge in [-0.15, -0.1) is 0 Å². The Hall–Kier alpha value is -2.47.